The molecular weight excluding hydrogens is 499 g/mol. The average Bonchev–Trinajstić information content (AvgIpc) is 3.06. The number of nitrogens with zero attached hydrogens (tertiary/aromatic N) is 4. The SMILES string of the molecule is CN=C(NCCn1cc([N+](=O)[O-])cn1)NCc1ccc(S(C)(=O)=O)c(C)c1.I. The van der Waals surface area contributed by atoms with Crippen molar-refractivity contribution >= 4 is 45.5 Å². The van der Waals surface area contributed by atoms with Gasteiger partial charge in [-0.2, -0.15) is 5.10 Å². The van der Waals surface area contributed by atoms with E-state index in [1.54, 1.807) is 26.1 Å². The first-order valence-electron chi connectivity index (χ1n) is 8.11. The molecule has 0 spiro atoms. The molecule has 0 amide bonds. The van der Waals surface area contributed by atoms with E-state index < -0.39 is 14.8 Å². The first-order chi connectivity index (χ1) is 12.7. The van der Waals surface area contributed by atoms with Crippen molar-refractivity contribution in [1.82, 2.24) is 20.4 Å². The maximum absolute atomic E-state index is 11.7. The smallest absolute Gasteiger partial charge is 0.306 e. The second kappa shape index (κ2) is 10.4. The molecule has 10 nitrogen and oxygen atoms in total. The molecule has 1 aromatic carbocycles. The van der Waals surface area contributed by atoms with Gasteiger partial charge in [-0.15, -0.1) is 24.0 Å². The number of aliphatic imine (C=N–C) groups is 1. The number of aromatic nitrogens is 2. The van der Waals surface area contributed by atoms with E-state index >= 15 is 0 Å². The molecule has 2 N–H and O–H groups in total. The highest BCUT2D eigenvalue weighted by Gasteiger charge is 2.11. The second-order valence-corrected chi connectivity index (χ2v) is 7.93. The Labute approximate surface area is 180 Å². The highest BCUT2D eigenvalue weighted by Crippen LogP contribution is 2.16. The molecule has 0 bridgehead atoms. The molecule has 0 fully saturated rings. The number of rotatable bonds is 7. The van der Waals surface area contributed by atoms with E-state index in [1.165, 1.54) is 23.3 Å². The summed E-state index contributed by atoms with van der Waals surface area (Å²) in [6.07, 6.45) is 3.76. The molecule has 0 aliphatic carbocycles. The summed E-state index contributed by atoms with van der Waals surface area (Å²) >= 11 is 0. The van der Waals surface area contributed by atoms with Gasteiger partial charge in [0.05, 0.1) is 16.4 Å². The van der Waals surface area contributed by atoms with Crippen LogP contribution in [0.25, 0.3) is 0 Å². The number of hydrogen-bond acceptors (Lipinski definition) is 6. The third kappa shape index (κ3) is 6.74. The van der Waals surface area contributed by atoms with Gasteiger partial charge >= 0.3 is 5.69 Å². The molecule has 2 aromatic rings. The molecule has 12 heteroatoms. The Morgan fingerprint density at radius 1 is 1.36 bits per heavy atom. The summed E-state index contributed by atoms with van der Waals surface area (Å²) in [5.41, 5.74) is 1.57. The lowest BCUT2D eigenvalue weighted by molar-refractivity contribution is -0.385. The molecule has 28 heavy (non-hydrogen) atoms. The third-order valence-corrected chi connectivity index (χ3v) is 5.04. The highest BCUT2D eigenvalue weighted by molar-refractivity contribution is 14.0. The van der Waals surface area contributed by atoms with Gasteiger partial charge in [-0.25, -0.2) is 8.42 Å². The van der Waals surface area contributed by atoms with Gasteiger partial charge in [0, 0.05) is 26.4 Å². The van der Waals surface area contributed by atoms with E-state index in [-0.39, 0.29) is 29.7 Å². The molecule has 0 aliphatic rings. The maximum Gasteiger partial charge on any atom is 0.306 e. The number of guanidine groups is 1. The van der Waals surface area contributed by atoms with Gasteiger partial charge in [0.1, 0.15) is 12.4 Å². The molecule has 0 aliphatic heterocycles. The van der Waals surface area contributed by atoms with Crippen molar-refractivity contribution in [3.63, 3.8) is 0 Å². The Balaban J connectivity index is 0.00000392. The lowest BCUT2D eigenvalue weighted by Crippen LogP contribution is -2.38. The Morgan fingerprint density at radius 3 is 2.61 bits per heavy atom. The molecule has 0 unspecified atom stereocenters. The summed E-state index contributed by atoms with van der Waals surface area (Å²) in [7, 11) is -1.60. The molecule has 1 aromatic heterocycles. The van der Waals surface area contributed by atoms with Crippen LogP contribution in [-0.4, -0.2) is 48.9 Å². The largest absolute Gasteiger partial charge is 0.355 e. The fraction of sp³-hybridized carbons (Fsp3) is 0.375. The minimum Gasteiger partial charge on any atom is -0.355 e. The van der Waals surface area contributed by atoms with Crippen LogP contribution in [0.4, 0.5) is 5.69 Å². The van der Waals surface area contributed by atoms with E-state index in [0.29, 0.717) is 36.1 Å². The maximum atomic E-state index is 11.7. The summed E-state index contributed by atoms with van der Waals surface area (Å²) in [5.74, 6) is 0.557. The van der Waals surface area contributed by atoms with Crippen LogP contribution in [0.15, 0.2) is 40.5 Å². The number of hydrogen-bond donors (Lipinski definition) is 2. The van der Waals surface area contributed by atoms with Crippen molar-refractivity contribution in [3.8, 4) is 0 Å². The van der Waals surface area contributed by atoms with E-state index in [0.717, 1.165) is 5.56 Å². The van der Waals surface area contributed by atoms with Crippen molar-refractivity contribution in [3.05, 3.63) is 51.8 Å². The standard InChI is InChI=1S/C16H22N6O4S.HI/c1-12-8-13(4-5-15(12)27(3,25)26)9-19-16(17-2)18-6-7-21-11-14(10-20-21)22(23)24;/h4-5,8,10-11H,6-7,9H2,1-3H3,(H2,17,18,19);1H. The molecular formula is C16H23IN6O4S. The van der Waals surface area contributed by atoms with Gasteiger partial charge in [0.25, 0.3) is 0 Å². The van der Waals surface area contributed by atoms with Crippen LogP contribution in [0.2, 0.25) is 0 Å². The summed E-state index contributed by atoms with van der Waals surface area (Å²) in [4.78, 5) is 14.6. The predicted octanol–water partition coefficient (Wildman–Crippen LogP) is 1.49. The average molecular weight is 522 g/mol. The van der Waals surface area contributed by atoms with E-state index in [2.05, 4.69) is 20.7 Å². The van der Waals surface area contributed by atoms with Gasteiger partial charge in [-0.05, 0) is 24.1 Å². The van der Waals surface area contributed by atoms with Gasteiger partial charge in [0.15, 0.2) is 15.8 Å². The molecule has 1 heterocycles. The molecule has 0 saturated heterocycles. The summed E-state index contributed by atoms with van der Waals surface area (Å²) in [6, 6.07) is 5.18. The van der Waals surface area contributed by atoms with Gasteiger partial charge < -0.3 is 10.6 Å². The third-order valence-electron chi connectivity index (χ3n) is 3.79. The predicted molar refractivity (Wildman–Crippen MR) is 117 cm³/mol. The van der Waals surface area contributed by atoms with Crippen LogP contribution in [0.1, 0.15) is 11.1 Å². The molecule has 0 atom stereocenters. The van der Waals surface area contributed by atoms with E-state index in [9.17, 15) is 18.5 Å². The highest BCUT2D eigenvalue weighted by atomic mass is 127. The number of halogens is 1. The van der Waals surface area contributed by atoms with Crippen LogP contribution in [0.5, 0.6) is 0 Å². The van der Waals surface area contributed by atoms with E-state index in [1.807, 2.05) is 6.07 Å². The van der Waals surface area contributed by atoms with Gasteiger partial charge in [-0.1, -0.05) is 12.1 Å². The minimum absolute atomic E-state index is 0. The number of benzene rings is 1. The van der Waals surface area contributed by atoms with Crippen LogP contribution in [0, 0.1) is 17.0 Å². The van der Waals surface area contributed by atoms with Crippen LogP contribution >= 0.6 is 24.0 Å². The van der Waals surface area contributed by atoms with Crippen molar-refractivity contribution in [2.45, 2.75) is 24.9 Å². The zero-order valence-electron chi connectivity index (χ0n) is 15.7. The zero-order chi connectivity index (χ0) is 20.0. The lowest BCUT2D eigenvalue weighted by atomic mass is 10.1. The summed E-state index contributed by atoms with van der Waals surface area (Å²) in [5, 5.41) is 20.8. The van der Waals surface area contributed by atoms with Crippen LogP contribution < -0.4 is 10.6 Å². The number of aryl methyl sites for hydroxylation is 1. The fourth-order valence-corrected chi connectivity index (χ4v) is 3.46. The number of nitrogens with one attached hydrogen (secondary N) is 2. The van der Waals surface area contributed by atoms with Crippen LogP contribution in [0.3, 0.4) is 0 Å². The second-order valence-electron chi connectivity index (χ2n) is 5.94. The van der Waals surface area contributed by atoms with Crippen molar-refractivity contribution in [2.24, 2.45) is 4.99 Å². The zero-order valence-corrected chi connectivity index (χ0v) is 18.9. The normalized spacial score (nSPS) is 11.6. The van der Waals surface area contributed by atoms with Crippen LogP contribution in [-0.2, 0) is 22.9 Å². The van der Waals surface area contributed by atoms with Gasteiger partial charge in [0.2, 0.25) is 0 Å². The summed E-state index contributed by atoms with van der Waals surface area (Å²) in [6.45, 7) is 3.15. The van der Waals surface area contributed by atoms with Gasteiger partial charge in [-0.3, -0.25) is 19.8 Å². The monoisotopic (exact) mass is 522 g/mol. The Bertz CT molecular complexity index is 958. The molecule has 0 saturated carbocycles. The Hall–Kier alpha value is -2.22. The topological polar surface area (TPSA) is 132 Å². The van der Waals surface area contributed by atoms with Crippen molar-refractivity contribution in [2.75, 3.05) is 19.8 Å². The number of sulfone groups is 1. The first kappa shape index (κ1) is 23.8. The van der Waals surface area contributed by atoms with Crippen molar-refractivity contribution < 1.29 is 13.3 Å². The lowest BCUT2D eigenvalue weighted by Gasteiger charge is -2.13. The van der Waals surface area contributed by atoms with Crippen molar-refractivity contribution in [1.29, 1.82) is 0 Å². The Kier molecular flexibility index (Phi) is 8.81. The quantitative estimate of drug-likeness (QED) is 0.185. The fourth-order valence-electron chi connectivity index (χ4n) is 2.50. The number of nitro groups is 1. The van der Waals surface area contributed by atoms with E-state index in [4.69, 9.17) is 0 Å². The molecule has 0 radical (unpaired) electrons. The summed E-state index contributed by atoms with van der Waals surface area (Å²) < 4.78 is 24.8. The molecule has 154 valence electrons. The first-order valence-corrected chi connectivity index (χ1v) is 10.0. The Morgan fingerprint density at radius 2 is 2.07 bits per heavy atom. The minimum atomic E-state index is -3.24. The molecule has 2 rings (SSSR count).